The van der Waals surface area contributed by atoms with Crippen molar-refractivity contribution in [3.8, 4) is 0 Å². The Bertz CT molecular complexity index is 759. The van der Waals surface area contributed by atoms with Crippen LogP contribution in [0.4, 0.5) is 11.4 Å². The fourth-order valence-electron chi connectivity index (χ4n) is 2.26. The van der Waals surface area contributed by atoms with E-state index in [0.29, 0.717) is 11.1 Å². The van der Waals surface area contributed by atoms with E-state index in [4.69, 9.17) is 0 Å². The zero-order valence-electron chi connectivity index (χ0n) is 12.4. The maximum atomic E-state index is 12.3. The lowest BCUT2D eigenvalue weighted by Crippen LogP contribution is -2.01. The quantitative estimate of drug-likeness (QED) is 0.686. The zero-order valence-corrected chi connectivity index (χ0v) is 12.4. The highest BCUT2D eigenvalue weighted by atomic mass is 16.1. The summed E-state index contributed by atoms with van der Waals surface area (Å²) in [6.07, 6.45) is 0. The lowest BCUT2D eigenvalue weighted by atomic mass is 10.0. The summed E-state index contributed by atoms with van der Waals surface area (Å²) in [5.74, 6) is 0.0440. The van der Waals surface area contributed by atoms with E-state index in [0.717, 1.165) is 11.4 Å². The summed E-state index contributed by atoms with van der Waals surface area (Å²) in [4.78, 5) is 12.3. The average molecular weight is 287 g/mol. The molecule has 0 saturated heterocycles. The van der Waals surface area contributed by atoms with Gasteiger partial charge >= 0.3 is 0 Å². The molecule has 0 atom stereocenters. The van der Waals surface area contributed by atoms with Crippen LogP contribution in [0.5, 0.6) is 0 Å². The highest BCUT2D eigenvalue weighted by molar-refractivity contribution is 6.09. The van der Waals surface area contributed by atoms with Crippen molar-refractivity contribution in [2.45, 2.75) is 6.92 Å². The minimum absolute atomic E-state index is 0.0440. The van der Waals surface area contributed by atoms with Crippen LogP contribution in [0.3, 0.4) is 0 Å². The van der Waals surface area contributed by atoms with Crippen LogP contribution in [0.25, 0.3) is 0 Å². The molecule has 0 spiro atoms. The van der Waals surface area contributed by atoms with Gasteiger partial charge in [-0.05, 0) is 43.3 Å². The minimum atomic E-state index is 0.0440. The number of hydrogen-bond acceptors (Lipinski definition) is 2. The first-order chi connectivity index (χ1) is 10.7. The summed E-state index contributed by atoms with van der Waals surface area (Å²) in [5.41, 5.74) is 4.64. The van der Waals surface area contributed by atoms with E-state index in [2.05, 4.69) is 24.4 Å². The maximum Gasteiger partial charge on any atom is 0.193 e. The Hall–Kier alpha value is -2.87. The van der Waals surface area contributed by atoms with Gasteiger partial charge in [0.1, 0.15) is 0 Å². The van der Waals surface area contributed by atoms with Crippen LogP contribution in [-0.2, 0) is 0 Å². The highest BCUT2D eigenvalue weighted by Crippen LogP contribution is 2.19. The molecular weight excluding hydrogens is 270 g/mol. The van der Waals surface area contributed by atoms with Crippen molar-refractivity contribution in [2.75, 3.05) is 5.32 Å². The molecule has 1 N–H and O–H groups in total. The molecule has 3 aromatic rings. The maximum absolute atomic E-state index is 12.3. The van der Waals surface area contributed by atoms with Crippen molar-refractivity contribution in [1.29, 1.82) is 0 Å². The minimum Gasteiger partial charge on any atom is -0.356 e. The smallest absolute Gasteiger partial charge is 0.193 e. The highest BCUT2D eigenvalue weighted by Gasteiger charge is 2.07. The molecule has 0 bridgehead atoms. The number of rotatable bonds is 4. The molecular formula is C20H17NO. The van der Waals surface area contributed by atoms with Crippen LogP contribution >= 0.6 is 0 Å². The molecule has 0 fully saturated rings. The fourth-order valence-corrected chi connectivity index (χ4v) is 2.26. The topological polar surface area (TPSA) is 29.1 Å². The predicted molar refractivity (Wildman–Crippen MR) is 90.8 cm³/mol. The van der Waals surface area contributed by atoms with E-state index in [-0.39, 0.29) is 5.78 Å². The molecule has 3 rings (SSSR count). The summed E-state index contributed by atoms with van der Waals surface area (Å²) in [6, 6.07) is 25.1. The van der Waals surface area contributed by atoms with Gasteiger partial charge in [0.05, 0.1) is 0 Å². The second-order valence-electron chi connectivity index (χ2n) is 5.26. The van der Waals surface area contributed by atoms with Crippen LogP contribution < -0.4 is 5.32 Å². The van der Waals surface area contributed by atoms with Gasteiger partial charge in [-0.25, -0.2) is 0 Å². The standard InChI is InChI=1S/C20H17NO/c1-15-7-11-18(12-8-15)21-19-13-9-17(10-14-19)20(22)16-5-3-2-4-6-16/h2-14,21H,1H3. The van der Waals surface area contributed by atoms with Gasteiger partial charge in [0, 0.05) is 22.5 Å². The van der Waals surface area contributed by atoms with Gasteiger partial charge in [0.2, 0.25) is 0 Å². The molecule has 2 heteroatoms. The summed E-state index contributed by atoms with van der Waals surface area (Å²) < 4.78 is 0. The van der Waals surface area contributed by atoms with Gasteiger partial charge in [0.15, 0.2) is 5.78 Å². The number of hydrogen-bond donors (Lipinski definition) is 1. The Morgan fingerprint density at radius 3 is 1.77 bits per heavy atom. The number of carbonyl (C=O) groups excluding carboxylic acids is 1. The van der Waals surface area contributed by atoms with Crippen LogP contribution in [0.15, 0.2) is 78.9 Å². The molecule has 0 saturated carbocycles. The molecule has 0 aliphatic carbocycles. The summed E-state index contributed by atoms with van der Waals surface area (Å²) in [6.45, 7) is 2.06. The number of carbonyl (C=O) groups is 1. The molecule has 0 unspecified atom stereocenters. The zero-order chi connectivity index (χ0) is 15.4. The summed E-state index contributed by atoms with van der Waals surface area (Å²) in [5, 5.41) is 3.33. The molecule has 0 heterocycles. The van der Waals surface area contributed by atoms with Crippen LogP contribution in [0, 0.1) is 6.92 Å². The van der Waals surface area contributed by atoms with Crippen LogP contribution in [-0.4, -0.2) is 5.78 Å². The summed E-state index contributed by atoms with van der Waals surface area (Å²) >= 11 is 0. The van der Waals surface area contributed by atoms with Gasteiger partial charge < -0.3 is 5.32 Å². The van der Waals surface area contributed by atoms with Crippen molar-refractivity contribution in [3.05, 3.63) is 95.6 Å². The number of ketones is 1. The van der Waals surface area contributed by atoms with E-state index < -0.39 is 0 Å². The average Bonchev–Trinajstić information content (AvgIpc) is 2.58. The summed E-state index contributed by atoms with van der Waals surface area (Å²) in [7, 11) is 0. The number of nitrogens with one attached hydrogen (secondary N) is 1. The molecule has 0 amide bonds. The number of benzene rings is 3. The second kappa shape index (κ2) is 6.27. The van der Waals surface area contributed by atoms with E-state index in [9.17, 15) is 4.79 Å². The van der Waals surface area contributed by atoms with Crippen LogP contribution in [0.1, 0.15) is 21.5 Å². The Kier molecular flexibility index (Phi) is 4.01. The number of anilines is 2. The van der Waals surface area contributed by atoms with Gasteiger partial charge in [-0.2, -0.15) is 0 Å². The number of aryl methyl sites for hydroxylation is 1. The molecule has 22 heavy (non-hydrogen) atoms. The van der Waals surface area contributed by atoms with Crippen molar-refractivity contribution in [3.63, 3.8) is 0 Å². The first-order valence-electron chi connectivity index (χ1n) is 7.26. The fraction of sp³-hybridized carbons (Fsp3) is 0.0500. The molecule has 0 radical (unpaired) electrons. The molecule has 0 aliphatic heterocycles. The largest absolute Gasteiger partial charge is 0.356 e. The molecule has 0 aromatic heterocycles. The third kappa shape index (κ3) is 3.23. The molecule has 0 aliphatic rings. The van der Waals surface area contributed by atoms with E-state index in [1.807, 2.05) is 66.7 Å². The first kappa shape index (κ1) is 14.1. The third-order valence-corrected chi connectivity index (χ3v) is 3.52. The third-order valence-electron chi connectivity index (χ3n) is 3.52. The molecule has 2 nitrogen and oxygen atoms in total. The normalized spacial score (nSPS) is 10.2. The van der Waals surface area contributed by atoms with E-state index in [1.165, 1.54) is 5.56 Å². The van der Waals surface area contributed by atoms with Crippen molar-refractivity contribution in [2.24, 2.45) is 0 Å². The Labute approximate surface area is 130 Å². The van der Waals surface area contributed by atoms with E-state index in [1.54, 1.807) is 0 Å². The van der Waals surface area contributed by atoms with Crippen molar-refractivity contribution >= 4 is 17.2 Å². The lowest BCUT2D eigenvalue weighted by molar-refractivity contribution is 0.103. The Morgan fingerprint density at radius 1 is 0.682 bits per heavy atom. The lowest BCUT2D eigenvalue weighted by Gasteiger charge is -2.08. The van der Waals surface area contributed by atoms with Crippen LogP contribution in [0.2, 0.25) is 0 Å². The van der Waals surface area contributed by atoms with E-state index >= 15 is 0 Å². The van der Waals surface area contributed by atoms with Gasteiger partial charge in [-0.1, -0.05) is 48.0 Å². The predicted octanol–water partition coefficient (Wildman–Crippen LogP) is 4.97. The van der Waals surface area contributed by atoms with Crippen molar-refractivity contribution in [1.82, 2.24) is 0 Å². The van der Waals surface area contributed by atoms with Crippen molar-refractivity contribution < 1.29 is 4.79 Å². The Morgan fingerprint density at radius 2 is 1.18 bits per heavy atom. The second-order valence-corrected chi connectivity index (χ2v) is 5.26. The first-order valence-corrected chi connectivity index (χ1v) is 7.26. The monoisotopic (exact) mass is 287 g/mol. The molecule has 108 valence electrons. The Balaban J connectivity index is 1.75. The van der Waals surface area contributed by atoms with Gasteiger partial charge in [-0.3, -0.25) is 4.79 Å². The SMILES string of the molecule is Cc1ccc(Nc2ccc(C(=O)c3ccccc3)cc2)cc1. The molecule has 3 aromatic carbocycles. The van der Waals surface area contributed by atoms with Gasteiger partial charge in [-0.15, -0.1) is 0 Å². The van der Waals surface area contributed by atoms with Gasteiger partial charge in [0.25, 0.3) is 0 Å².